The maximum atomic E-state index is 11.8. The van der Waals surface area contributed by atoms with E-state index in [0.29, 0.717) is 5.57 Å². The zero-order valence-corrected chi connectivity index (χ0v) is 10.7. The van der Waals surface area contributed by atoms with E-state index in [4.69, 9.17) is 10.8 Å². The number of hydrogen-bond acceptors (Lipinski definition) is 4. The number of hydrogen-bond donors (Lipinski definition) is 2. The van der Waals surface area contributed by atoms with Crippen molar-refractivity contribution in [2.75, 3.05) is 5.75 Å². The molecule has 0 fully saturated rings. The molecule has 2 unspecified atom stereocenters. The van der Waals surface area contributed by atoms with Crippen LogP contribution in [0.4, 0.5) is 0 Å². The third kappa shape index (κ3) is 2.58. The van der Waals surface area contributed by atoms with Crippen LogP contribution in [0.5, 0.6) is 0 Å². The van der Waals surface area contributed by atoms with Gasteiger partial charge >= 0.3 is 5.97 Å². The van der Waals surface area contributed by atoms with Crippen LogP contribution in [0.3, 0.4) is 0 Å². The van der Waals surface area contributed by atoms with Crippen LogP contribution in [0.1, 0.15) is 20.3 Å². The average Bonchev–Trinajstić information content (AvgIpc) is 2.28. The quantitative estimate of drug-likeness (QED) is 0.773. The van der Waals surface area contributed by atoms with E-state index in [0.717, 1.165) is 0 Å². The summed E-state index contributed by atoms with van der Waals surface area (Å²) in [6.07, 6.45) is 4.59. The Morgan fingerprint density at radius 2 is 2.24 bits per heavy atom. The highest BCUT2D eigenvalue weighted by molar-refractivity contribution is 7.92. The molecule has 0 aliphatic heterocycles. The van der Waals surface area contributed by atoms with Crippen molar-refractivity contribution < 1.29 is 18.3 Å². The number of nitrogens with two attached hydrogens (primary N) is 1. The number of allylic oxidation sites excluding steroid dienone is 1. The molecule has 2 atom stereocenters. The smallest absolute Gasteiger partial charge is 0.310 e. The summed E-state index contributed by atoms with van der Waals surface area (Å²) in [4.78, 5) is 9.39. The van der Waals surface area contributed by atoms with Gasteiger partial charge in [-0.25, -0.2) is 8.42 Å². The molecule has 0 aromatic heterocycles. The molecule has 6 heteroatoms. The summed E-state index contributed by atoms with van der Waals surface area (Å²) < 4.78 is 23.5. The number of carboxylic acids is 1. The largest absolute Gasteiger partial charge is 0.481 e. The van der Waals surface area contributed by atoms with E-state index in [-0.39, 0.29) is 12.2 Å². The molecule has 5 nitrogen and oxygen atoms in total. The summed E-state index contributed by atoms with van der Waals surface area (Å²) >= 11 is 0. The van der Waals surface area contributed by atoms with Crippen molar-refractivity contribution in [3.05, 3.63) is 23.8 Å². The van der Waals surface area contributed by atoms with Gasteiger partial charge in [0.15, 0.2) is 9.84 Å². The molecule has 0 saturated carbocycles. The van der Waals surface area contributed by atoms with Crippen LogP contribution < -0.4 is 5.73 Å². The van der Waals surface area contributed by atoms with Crippen LogP contribution in [0.2, 0.25) is 0 Å². The summed E-state index contributed by atoms with van der Waals surface area (Å²) in [5.74, 6) is -1.63. The Balaban J connectivity index is 2.95. The van der Waals surface area contributed by atoms with Gasteiger partial charge in [-0.05, 0) is 18.6 Å². The van der Waals surface area contributed by atoms with Crippen molar-refractivity contribution in [2.45, 2.75) is 25.1 Å². The van der Waals surface area contributed by atoms with Gasteiger partial charge in [-0.2, -0.15) is 0 Å². The molecule has 1 rings (SSSR count). The van der Waals surface area contributed by atoms with Crippen molar-refractivity contribution in [3.63, 3.8) is 0 Å². The molecule has 0 bridgehead atoms. The van der Waals surface area contributed by atoms with Gasteiger partial charge in [0.05, 0.1) is 5.92 Å². The van der Waals surface area contributed by atoms with Crippen LogP contribution in [-0.2, 0) is 14.6 Å². The van der Waals surface area contributed by atoms with E-state index in [1.54, 1.807) is 13.0 Å². The summed E-state index contributed by atoms with van der Waals surface area (Å²) in [6, 6.07) is 0. The minimum atomic E-state index is -3.39. The first-order valence-electron chi connectivity index (χ1n) is 5.37. The lowest BCUT2D eigenvalue weighted by molar-refractivity contribution is -0.139. The first-order chi connectivity index (χ1) is 7.73. The highest BCUT2D eigenvalue weighted by atomic mass is 32.2. The highest BCUT2D eigenvalue weighted by Gasteiger charge is 2.37. The average molecular weight is 259 g/mol. The van der Waals surface area contributed by atoms with Gasteiger partial charge in [0.25, 0.3) is 0 Å². The number of aliphatic carboxylic acids is 1. The van der Waals surface area contributed by atoms with Crippen LogP contribution >= 0.6 is 0 Å². The van der Waals surface area contributed by atoms with Crippen molar-refractivity contribution >= 4 is 15.8 Å². The Morgan fingerprint density at radius 1 is 1.65 bits per heavy atom. The summed E-state index contributed by atoms with van der Waals surface area (Å²) in [6.45, 7) is 3.09. The number of rotatable bonds is 4. The zero-order valence-electron chi connectivity index (χ0n) is 9.88. The van der Waals surface area contributed by atoms with E-state index < -0.39 is 26.6 Å². The third-order valence-electron chi connectivity index (χ3n) is 3.04. The Labute approximate surface area is 101 Å². The second kappa shape index (κ2) is 4.62. The van der Waals surface area contributed by atoms with Gasteiger partial charge in [-0.3, -0.25) is 4.79 Å². The van der Waals surface area contributed by atoms with Gasteiger partial charge in [-0.1, -0.05) is 19.1 Å². The van der Waals surface area contributed by atoms with Crippen molar-refractivity contribution in [3.8, 4) is 0 Å². The Kier molecular flexibility index (Phi) is 3.78. The second-order valence-electron chi connectivity index (χ2n) is 4.16. The minimum Gasteiger partial charge on any atom is -0.481 e. The lowest BCUT2D eigenvalue weighted by atomic mass is 9.94. The standard InChI is InChI=1S/C11H17NO4S/c1-3-17(15,16)11(12)6-4-9(5-7-11)8(2)10(13)14/h4-6,8H,3,7,12H2,1-2H3,(H,13,14). The van der Waals surface area contributed by atoms with Crippen LogP contribution in [0.15, 0.2) is 23.8 Å². The molecule has 0 saturated heterocycles. The summed E-state index contributed by atoms with van der Waals surface area (Å²) in [7, 11) is -3.39. The van der Waals surface area contributed by atoms with E-state index in [1.165, 1.54) is 19.1 Å². The van der Waals surface area contributed by atoms with Gasteiger partial charge in [0, 0.05) is 12.2 Å². The van der Waals surface area contributed by atoms with Crippen molar-refractivity contribution in [2.24, 2.45) is 11.7 Å². The lowest BCUT2D eigenvalue weighted by Crippen LogP contribution is -2.47. The molecule has 1 aliphatic carbocycles. The van der Waals surface area contributed by atoms with Gasteiger partial charge in [0.2, 0.25) is 0 Å². The normalized spacial score (nSPS) is 26.4. The molecular weight excluding hydrogens is 242 g/mol. The van der Waals surface area contributed by atoms with Gasteiger partial charge < -0.3 is 10.8 Å². The third-order valence-corrected chi connectivity index (χ3v) is 5.27. The predicted octanol–water partition coefficient (Wildman–Crippen LogP) is 0.683. The molecule has 17 heavy (non-hydrogen) atoms. The molecular formula is C11H17NO4S. The van der Waals surface area contributed by atoms with Gasteiger partial charge in [-0.15, -0.1) is 0 Å². The Morgan fingerprint density at radius 3 is 2.59 bits per heavy atom. The molecule has 3 N–H and O–H groups in total. The SMILES string of the molecule is CCS(=O)(=O)C1(N)C=CC(C(C)C(=O)O)=CC1. The van der Waals surface area contributed by atoms with E-state index in [9.17, 15) is 13.2 Å². The fourth-order valence-electron chi connectivity index (χ4n) is 1.61. The first kappa shape index (κ1) is 13.9. The van der Waals surface area contributed by atoms with Crippen LogP contribution in [0.25, 0.3) is 0 Å². The van der Waals surface area contributed by atoms with E-state index >= 15 is 0 Å². The first-order valence-corrected chi connectivity index (χ1v) is 7.02. The molecule has 0 spiro atoms. The minimum absolute atomic E-state index is 0.0362. The summed E-state index contributed by atoms with van der Waals surface area (Å²) in [5.41, 5.74) is 6.41. The highest BCUT2D eigenvalue weighted by Crippen LogP contribution is 2.27. The number of carbonyl (C=O) groups is 1. The fourth-order valence-corrected chi connectivity index (χ4v) is 2.76. The fraction of sp³-hybridized carbons (Fsp3) is 0.545. The predicted molar refractivity (Wildman–Crippen MR) is 65.0 cm³/mol. The Bertz CT molecular complexity index is 478. The van der Waals surface area contributed by atoms with E-state index in [2.05, 4.69) is 0 Å². The molecule has 96 valence electrons. The van der Waals surface area contributed by atoms with E-state index in [1.807, 2.05) is 0 Å². The molecule has 1 aliphatic rings. The monoisotopic (exact) mass is 259 g/mol. The second-order valence-corrected chi connectivity index (χ2v) is 6.73. The zero-order chi connectivity index (χ0) is 13.3. The van der Waals surface area contributed by atoms with Crippen LogP contribution in [0, 0.1) is 5.92 Å². The molecule has 0 amide bonds. The van der Waals surface area contributed by atoms with Crippen molar-refractivity contribution in [1.29, 1.82) is 0 Å². The van der Waals surface area contributed by atoms with Gasteiger partial charge in [0.1, 0.15) is 4.87 Å². The van der Waals surface area contributed by atoms with Crippen LogP contribution in [-0.4, -0.2) is 30.1 Å². The molecule has 0 radical (unpaired) electrons. The maximum absolute atomic E-state index is 11.8. The molecule has 0 aromatic carbocycles. The summed E-state index contributed by atoms with van der Waals surface area (Å²) in [5, 5.41) is 8.85. The number of carboxylic acid groups (broad SMARTS) is 1. The topological polar surface area (TPSA) is 97.5 Å². The Hall–Kier alpha value is -1.14. The van der Waals surface area contributed by atoms with Crippen molar-refractivity contribution in [1.82, 2.24) is 0 Å². The molecule has 0 heterocycles. The molecule has 0 aromatic rings. The number of sulfone groups is 1. The maximum Gasteiger partial charge on any atom is 0.310 e. The lowest BCUT2D eigenvalue weighted by Gasteiger charge is -2.27.